The maximum atomic E-state index is 12.8. The number of rotatable bonds is 37. The fraction of sp³-hybridized carbons (Fsp3) is 0.920. The van der Waals surface area contributed by atoms with Crippen molar-refractivity contribution in [3.8, 4) is 0 Å². The molecule has 0 bridgehead atoms. The van der Waals surface area contributed by atoms with Crippen molar-refractivity contribution in [3.05, 3.63) is 0 Å². The van der Waals surface area contributed by atoms with Crippen LogP contribution >= 0.6 is 0 Å². The summed E-state index contributed by atoms with van der Waals surface area (Å²) in [5.41, 5.74) is 0. The molecule has 2 fully saturated rings. The first-order valence-electron chi connectivity index (χ1n) is 25.5. The van der Waals surface area contributed by atoms with E-state index in [1.54, 1.807) is 6.92 Å². The van der Waals surface area contributed by atoms with Crippen molar-refractivity contribution in [2.24, 2.45) is 0 Å². The van der Waals surface area contributed by atoms with Crippen LogP contribution < -0.4 is 0 Å². The summed E-state index contributed by atoms with van der Waals surface area (Å²) in [5, 5.41) is 22.8. The molecule has 2 aliphatic rings. The molecule has 2 saturated heterocycles. The number of hydrogen-bond donors (Lipinski definition) is 2. The first kappa shape index (κ1) is 57.8. The molecule has 374 valence electrons. The Hall–Kier alpha value is -2.36. The van der Waals surface area contributed by atoms with Crippen molar-refractivity contribution < 1.29 is 67.3 Å². The summed E-state index contributed by atoms with van der Waals surface area (Å²) >= 11 is 0. The smallest absolute Gasteiger partial charge is 0.305 e. The maximum Gasteiger partial charge on any atom is 0.305 e. The third-order valence-corrected chi connectivity index (χ3v) is 12.2. The molecular weight excluding hydrogens is 825 g/mol. The van der Waals surface area contributed by atoms with Gasteiger partial charge in [-0.1, -0.05) is 174 Å². The van der Waals surface area contributed by atoms with Crippen LogP contribution in [0.1, 0.15) is 221 Å². The van der Waals surface area contributed by atoms with E-state index < -0.39 is 85.3 Å². The molecular formula is C50H90O14. The van der Waals surface area contributed by atoms with Gasteiger partial charge >= 0.3 is 23.9 Å². The summed E-state index contributed by atoms with van der Waals surface area (Å²) in [6.07, 6.45) is 19.2. The van der Waals surface area contributed by atoms with Gasteiger partial charge in [-0.2, -0.15) is 0 Å². The molecule has 0 unspecified atom stereocenters. The number of hydrogen-bond acceptors (Lipinski definition) is 14. The average Bonchev–Trinajstić information content (AvgIpc) is 3.25. The van der Waals surface area contributed by atoms with Gasteiger partial charge in [0.05, 0.1) is 6.10 Å². The SMILES string of the molecule is CCCCCCCCCCCCCCCCO[C@@H]1O[C@H](COC(=O)CCCCCCCCCCCCCCC)[C@@H](O)[C@H](O)[C@H]1O[C@@H]1O[C@@H](C)[C@H](OC(C)=O)[C@@H](OC(C)=O)[C@H]1OC(C)=O. The van der Waals surface area contributed by atoms with Gasteiger partial charge in [0.15, 0.2) is 30.9 Å². The summed E-state index contributed by atoms with van der Waals surface area (Å²) in [7, 11) is 0. The number of esters is 4. The topological polar surface area (TPSA) is 183 Å². The molecule has 0 spiro atoms. The molecule has 14 heteroatoms. The lowest BCUT2D eigenvalue weighted by atomic mass is 9.97. The fourth-order valence-corrected chi connectivity index (χ4v) is 8.59. The second kappa shape index (κ2) is 35.8. The number of aliphatic hydroxyl groups excluding tert-OH is 2. The molecule has 2 rings (SSSR count). The minimum atomic E-state index is -1.63. The molecule has 0 radical (unpaired) electrons. The zero-order valence-corrected chi connectivity index (χ0v) is 40.8. The first-order chi connectivity index (χ1) is 30.9. The van der Waals surface area contributed by atoms with Crippen LogP contribution in [0.2, 0.25) is 0 Å². The predicted molar refractivity (Wildman–Crippen MR) is 244 cm³/mol. The highest BCUT2D eigenvalue weighted by molar-refractivity contribution is 5.69. The van der Waals surface area contributed by atoms with E-state index in [0.717, 1.165) is 52.4 Å². The minimum Gasteiger partial charge on any atom is -0.463 e. The Bertz CT molecular complexity index is 1230. The standard InChI is InChI=1S/C50H90O14/c1-7-9-11-13-15-17-19-21-23-25-27-29-31-33-35-57-49-46(64-50-48(62-40(6)53)47(61-39(5)52)45(37(3)59-50)60-38(4)51)44(56)43(55)41(63-49)36-58-42(54)34-32-30-28-26-24-22-20-18-16-14-12-10-8-2/h37,41,43-50,55-56H,7-36H2,1-6H3/t37-,41+,43+,44-,45-,46+,47+,48+,49+,50-/m0/s1. The summed E-state index contributed by atoms with van der Waals surface area (Å²) in [6, 6.07) is 0. The van der Waals surface area contributed by atoms with Gasteiger partial charge in [0.25, 0.3) is 0 Å². The quantitative estimate of drug-likeness (QED) is 0.0341. The Balaban J connectivity index is 1.98. The van der Waals surface area contributed by atoms with Crippen LogP contribution in [0.5, 0.6) is 0 Å². The van der Waals surface area contributed by atoms with E-state index in [0.29, 0.717) is 12.8 Å². The molecule has 10 atom stereocenters. The van der Waals surface area contributed by atoms with E-state index in [1.807, 2.05) is 0 Å². The number of carbonyl (C=O) groups is 4. The molecule has 0 aliphatic carbocycles. The third kappa shape index (κ3) is 25.0. The number of carbonyl (C=O) groups excluding carboxylic acids is 4. The van der Waals surface area contributed by atoms with Crippen molar-refractivity contribution in [3.63, 3.8) is 0 Å². The second-order valence-corrected chi connectivity index (χ2v) is 18.2. The van der Waals surface area contributed by atoms with E-state index >= 15 is 0 Å². The van der Waals surface area contributed by atoms with Crippen LogP contribution in [0, 0.1) is 0 Å². The second-order valence-electron chi connectivity index (χ2n) is 18.2. The molecule has 0 aromatic heterocycles. The Kier molecular flexibility index (Phi) is 32.3. The molecule has 0 aromatic carbocycles. The molecule has 0 aromatic rings. The molecule has 0 amide bonds. The Labute approximate surface area is 386 Å². The predicted octanol–water partition coefficient (Wildman–Crippen LogP) is 9.88. The van der Waals surface area contributed by atoms with Crippen LogP contribution in [0.15, 0.2) is 0 Å². The van der Waals surface area contributed by atoms with Gasteiger partial charge in [-0.25, -0.2) is 0 Å². The minimum absolute atomic E-state index is 0.237. The highest BCUT2D eigenvalue weighted by Crippen LogP contribution is 2.34. The highest BCUT2D eigenvalue weighted by Gasteiger charge is 2.54. The van der Waals surface area contributed by atoms with Gasteiger partial charge in [-0.05, 0) is 19.8 Å². The van der Waals surface area contributed by atoms with Crippen LogP contribution in [-0.2, 0) is 57.1 Å². The van der Waals surface area contributed by atoms with E-state index in [4.69, 9.17) is 37.9 Å². The van der Waals surface area contributed by atoms with Gasteiger partial charge in [0.1, 0.15) is 31.0 Å². The molecule has 2 heterocycles. The lowest BCUT2D eigenvalue weighted by molar-refractivity contribution is -0.365. The van der Waals surface area contributed by atoms with E-state index in [-0.39, 0.29) is 19.6 Å². The van der Waals surface area contributed by atoms with Crippen molar-refractivity contribution in [1.29, 1.82) is 0 Å². The number of unbranched alkanes of at least 4 members (excludes halogenated alkanes) is 25. The molecule has 0 saturated carbocycles. The van der Waals surface area contributed by atoms with Crippen LogP contribution in [0.4, 0.5) is 0 Å². The van der Waals surface area contributed by atoms with Gasteiger partial charge in [0, 0.05) is 33.8 Å². The zero-order valence-electron chi connectivity index (χ0n) is 40.8. The summed E-state index contributed by atoms with van der Waals surface area (Å²) in [4.78, 5) is 49.3. The van der Waals surface area contributed by atoms with Crippen molar-refractivity contribution in [1.82, 2.24) is 0 Å². The summed E-state index contributed by atoms with van der Waals surface area (Å²) in [6.45, 7) is 9.48. The maximum absolute atomic E-state index is 12.8. The van der Waals surface area contributed by atoms with E-state index in [2.05, 4.69) is 13.8 Å². The molecule has 2 aliphatic heterocycles. The largest absolute Gasteiger partial charge is 0.463 e. The van der Waals surface area contributed by atoms with Crippen LogP contribution in [-0.4, -0.2) is 109 Å². The van der Waals surface area contributed by atoms with Crippen molar-refractivity contribution in [2.45, 2.75) is 283 Å². The Morgan fingerprint density at radius 1 is 0.469 bits per heavy atom. The van der Waals surface area contributed by atoms with Crippen LogP contribution in [0.3, 0.4) is 0 Å². The lowest BCUT2D eigenvalue weighted by Crippen LogP contribution is -2.65. The highest BCUT2D eigenvalue weighted by atomic mass is 16.8. The fourth-order valence-electron chi connectivity index (χ4n) is 8.59. The van der Waals surface area contributed by atoms with Gasteiger partial charge < -0.3 is 48.1 Å². The normalized spacial score (nSPS) is 25.8. The van der Waals surface area contributed by atoms with Crippen LogP contribution in [0.25, 0.3) is 0 Å². The van der Waals surface area contributed by atoms with Crippen molar-refractivity contribution in [2.75, 3.05) is 13.2 Å². The number of aliphatic hydroxyl groups is 2. The summed E-state index contributed by atoms with van der Waals surface area (Å²) < 4.78 is 46.7. The van der Waals surface area contributed by atoms with Gasteiger partial charge in [-0.15, -0.1) is 0 Å². The summed E-state index contributed by atoms with van der Waals surface area (Å²) in [5.74, 6) is -2.59. The molecule has 64 heavy (non-hydrogen) atoms. The lowest BCUT2D eigenvalue weighted by Gasteiger charge is -2.47. The third-order valence-electron chi connectivity index (χ3n) is 12.2. The van der Waals surface area contributed by atoms with Crippen molar-refractivity contribution >= 4 is 23.9 Å². The molecule has 2 N–H and O–H groups in total. The van der Waals surface area contributed by atoms with Gasteiger partial charge in [-0.3, -0.25) is 19.2 Å². The Morgan fingerprint density at radius 2 is 0.875 bits per heavy atom. The average molecular weight is 915 g/mol. The zero-order chi connectivity index (χ0) is 47.0. The van der Waals surface area contributed by atoms with Gasteiger partial charge in [0.2, 0.25) is 0 Å². The molecule has 14 nitrogen and oxygen atoms in total. The van der Waals surface area contributed by atoms with E-state index in [1.165, 1.54) is 129 Å². The monoisotopic (exact) mass is 915 g/mol. The first-order valence-corrected chi connectivity index (χ1v) is 25.5. The number of ether oxygens (including phenoxy) is 8. The van der Waals surface area contributed by atoms with E-state index in [9.17, 15) is 29.4 Å². The Morgan fingerprint density at radius 3 is 1.33 bits per heavy atom.